The summed E-state index contributed by atoms with van der Waals surface area (Å²) in [6.07, 6.45) is 2.08. The quantitative estimate of drug-likeness (QED) is 0.411. The summed E-state index contributed by atoms with van der Waals surface area (Å²) in [5, 5.41) is 11.0. The number of nitrogens with zero attached hydrogens (tertiary/aromatic N) is 5. The highest BCUT2D eigenvalue weighted by Crippen LogP contribution is 2.44. The Hall–Kier alpha value is -3.61. The van der Waals surface area contributed by atoms with E-state index >= 15 is 4.39 Å². The Kier molecular flexibility index (Phi) is 5.16. The second-order valence-corrected chi connectivity index (χ2v) is 10.2. The van der Waals surface area contributed by atoms with Crippen molar-refractivity contribution in [1.29, 1.82) is 5.26 Å². The third-order valence-electron chi connectivity index (χ3n) is 6.60. The first-order valence-electron chi connectivity index (χ1n) is 11.5. The zero-order valence-electron chi connectivity index (χ0n) is 19.0. The molecule has 6 nitrogen and oxygen atoms in total. The van der Waals surface area contributed by atoms with Crippen LogP contribution in [0.15, 0.2) is 42.5 Å². The summed E-state index contributed by atoms with van der Waals surface area (Å²) in [6, 6.07) is 13.7. The predicted molar refractivity (Wildman–Crippen MR) is 134 cm³/mol. The fourth-order valence-electron chi connectivity index (χ4n) is 4.48. The second-order valence-electron chi connectivity index (χ2n) is 9.18. The van der Waals surface area contributed by atoms with Crippen molar-refractivity contribution in [3.05, 3.63) is 64.7 Å². The van der Waals surface area contributed by atoms with Gasteiger partial charge in [-0.1, -0.05) is 11.3 Å². The Labute approximate surface area is 205 Å². The van der Waals surface area contributed by atoms with Crippen molar-refractivity contribution in [1.82, 2.24) is 9.97 Å². The maximum atomic E-state index is 15.3. The van der Waals surface area contributed by atoms with E-state index in [0.29, 0.717) is 51.2 Å². The van der Waals surface area contributed by atoms with Gasteiger partial charge in [0.2, 0.25) is 0 Å². The molecular weight excluding hydrogens is 466 g/mol. The molecule has 1 aliphatic heterocycles. The van der Waals surface area contributed by atoms with Crippen LogP contribution in [0.2, 0.25) is 0 Å². The van der Waals surface area contributed by atoms with E-state index in [9.17, 15) is 9.65 Å². The molecule has 0 unspecified atom stereocenters. The van der Waals surface area contributed by atoms with Crippen molar-refractivity contribution in [3.8, 4) is 17.3 Å². The molecule has 4 aromatic rings. The molecule has 35 heavy (non-hydrogen) atoms. The third kappa shape index (κ3) is 3.89. The minimum Gasteiger partial charge on any atom is -0.368 e. The van der Waals surface area contributed by atoms with Crippen LogP contribution >= 0.6 is 11.3 Å². The van der Waals surface area contributed by atoms with Crippen molar-refractivity contribution in [2.75, 3.05) is 29.9 Å². The summed E-state index contributed by atoms with van der Waals surface area (Å²) in [5.41, 5.74) is 9.87. The van der Waals surface area contributed by atoms with Crippen molar-refractivity contribution >= 4 is 38.7 Å². The molecule has 1 saturated heterocycles. The van der Waals surface area contributed by atoms with E-state index in [1.165, 1.54) is 29.5 Å². The fourth-order valence-corrected chi connectivity index (χ4v) is 5.34. The number of aromatic nitrogens is 2. The lowest BCUT2D eigenvalue weighted by atomic mass is 10.0. The zero-order valence-corrected chi connectivity index (χ0v) is 19.8. The molecule has 0 atom stereocenters. The molecule has 1 saturated carbocycles. The number of pyridine rings is 1. The Morgan fingerprint density at radius 2 is 1.86 bits per heavy atom. The summed E-state index contributed by atoms with van der Waals surface area (Å²) in [4.78, 5) is 13.8. The topological polar surface area (TPSA) is 82.1 Å². The van der Waals surface area contributed by atoms with E-state index < -0.39 is 0 Å². The van der Waals surface area contributed by atoms with Gasteiger partial charge < -0.3 is 15.5 Å². The van der Waals surface area contributed by atoms with Crippen molar-refractivity contribution in [2.24, 2.45) is 5.73 Å². The predicted octanol–water partition coefficient (Wildman–Crippen LogP) is 5.30. The van der Waals surface area contributed by atoms with Gasteiger partial charge in [0.1, 0.15) is 28.0 Å². The molecule has 2 aliphatic rings. The van der Waals surface area contributed by atoms with Crippen LogP contribution < -0.4 is 15.5 Å². The van der Waals surface area contributed by atoms with Crippen LogP contribution in [0.5, 0.6) is 0 Å². The summed E-state index contributed by atoms with van der Waals surface area (Å²) < 4.78 is 28.8. The molecular formula is C26H22F2N6S. The number of nitrogens with two attached hydrogens (primary N) is 1. The lowest BCUT2D eigenvalue weighted by molar-refractivity contribution is 0.518. The number of benzene rings is 2. The van der Waals surface area contributed by atoms with Crippen LogP contribution in [0.4, 0.5) is 25.3 Å². The number of halogens is 2. The summed E-state index contributed by atoms with van der Waals surface area (Å²) in [7, 11) is 1.87. The Morgan fingerprint density at radius 3 is 2.51 bits per heavy atom. The molecule has 2 N–H and O–H groups in total. The van der Waals surface area contributed by atoms with Gasteiger partial charge in [0.15, 0.2) is 10.9 Å². The molecule has 0 radical (unpaired) electrons. The number of hydrogen-bond acceptors (Lipinski definition) is 7. The van der Waals surface area contributed by atoms with Gasteiger partial charge in [0.05, 0.1) is 5.69 Å². The van der Waals surface area contributed by atoms with E-state index in [-0.39, 0.29) is 17.7 Å². The van der Waals surface area contributed by atoms with Gasteiger partial charge in [-0.3, -0.25) is 0 Å². The third-order valence-corrected chi connectivity index (χ3v) is 7.64. The maximum absolute atomic E-state index is 15.3. The molecule has 2 fully saturated rings. The first-order chi connectivity index (χ1) is 16.9. The van der Waals surface area contributed by atoms with Crippen LogP contribution in [0, 0.1) is 23.0 Å². The van der Waals surface area contributed by atoms with Crippen LogP contribution in [0.25, 0.3) is 22.2 Å². The molecule has 0 amide bonds. The highest BCUT2D eigenvalue weighted by atomic mass is 32.1. The van der Waals surface area contributed by atoms with Gasteiger partial charge in [-0.2, -0.15) is 5.26 Å². The van der Waals surface area contributed by atoms with Crippen molar-refractivity contribution in [2.45, 2.75) is 24.8 Å². The van der Waals surface area contributed by atoms with Crippen molar-refractivity contribution < 1.29 is 8.78 Å². The van der Waals surface area contributed by atoms with Gasteiger partial charge in [0, 0.05) is 54.4 Å². The van der Waals surface area contributed by atoms with E-state index in [0.717, 1.165) is 29.9 Å². The number of anilines is 3. The van der Waals surface area contributed by atoms with E-state index in [4.69, 9.17) is 10.7 Å². The normalized spacial score (nSPS) is 15.8. The average Bonchev–Trinajstić information content (AvgIpc) is 3.60. The average molecular weight is 489 g/mol. The molecule has 6 rings (SSSR count). The highest BCUT2D eigenvalue weighted by Gasteiger charge is 2.29. The number of thiazole rings is 1. The number of rotatable bonds is 5. The maximum Gasteiger partial charge on any atom is 0.191 e. The molecule has 3 heterocycles. The van der Waals surface area contributed by atoms with Crippen LogP contribution in [0.3, 0.4) is 0 Å². The molecule has 0 bridgehead atoms. The van der Waals surface area contributed by atoms with E-state index in [1.807, 2.05) is 24.1 Å². The summed E-state index contributed by atoms with van der Waals surface area (Å²) >= 11 is 1.25. The molecule has 2 aromatic heterocycles. The lowest BCUT2D eigenvalue weighted by Crippen LogP contribution is -2.55. The first-order valence-corrected chi connectivity index (χ1v) is 12.3. The smallest absolute Gasteiger partial charge is 0.191 e. The number of nitriles is 1. The molecule has 1 aliphatic carbocycles. The Balaban J connectivity index is 1.48. The molecule has 176 valence electrons. The van der Waals surface area contributed by atoms with Gasteiger partial charge in [-0.25, -0.2) is 18.7 Å². The van der Waals surface area contributed by atoms with E-state index in [2.05, 4.69) is 16.0 Å². The Bertz CT molecular complexity index is 1480. The van der Waals surface area contributed by atoms with Gasteiger partial charge in [0.25, 0.3) is 0 Å². The standard InChI is InChI=1S/C26H22F2N6S/c1-33(26-32-24(23(11-29)35-26)15-4-6-16(27)7-5-15)22-10-21(14-2-3-14)31-25-19(22)8-18(9-20(25)28)34-12-17(30)13-34/h4-10,14,17H,2-3,12-13,30H2,1H3. The van der Waals surface area contributed by atoms with Crippen molar-refractivity contribution in [3.63, 3.8) is 0 Å². The van der Waals surface area contributed by atoms with Gasteiger partial charge >= 0.3 is 0 Å². The first kappa shape index (κ1) is 21.9. The summed E-state index contributed by atoms with van der Waals surface area (Å²) in [5.74, 6) is -0.379. The van der Waals surface area contributed by atoms with Crippen LogP contribution in [0.1, 0.15) is 29.3 Å². The molecule has 0 spiro atoms. The van der Waals surface area contributed by atoms with E-state index in [1.54, 1.807) is 12.1 Å². The lowest BCUT2D eigenvalue weighted by Gasteiger charge is -2.39. The fraction of sp³-hybridized carbons (Fsp3) is 0.269. The monoisotopic (exact) mass is 488 g/mol. The number of hydrogen-bond donors (Lipinski definition) is 1. The molecule has 9 heteroatoms. The van der Waals surface area contributed by atoms with Gasteiger partial charge in [-0.15, -0.1) is 0 Å². The molecule has 2 aromatic carbocycles. The largest absolute Gasteiger partial charge is 0.368 e. The second kappa shape index (κ2) is 8.26. The number of fused-ring (bicyclic) bond motifs is 1. The minimum atomic E-state index is -0.362. The minimum absolute atomic E-state index is 0.0934. The highest BCUT2D eigenvalue weighted by molar-refractivity contribution is 7.16. The summed E-state index contributed by atoms with van der Waals surface area (Å²) in [6.45, 7) is 1.37. The van der Waals surface area contributed by atoms with Gasteiger partial charge in [-0.05, 0) is 55.3 Å². The Morgan fingerprint density at radius 1 is 1.11 bits per heavy atom. The van der Waals surface area contributed by atoms with Crippen LogP contribution in [-0.2, 0) is 0 Å². The van der Waals surface area contributed by atoms with Crippen LogP contribution in [-0.4, -0.2) is 36.1 Å². The zero-order chi connectivity index (χ0) is 24.3. The SMILES string of the molecule is CN(c1nc(-c2ccc(F)cc2)c(C#N)s1)c1cc(C2CC2)nc2c(F)cc(N3CC(N)C3)cc12.